The van der Waals surface area contributed by atoms with Gasteiger partial charge in [-0.3, -0.25) is 9.69 Å². The summed E-state index contributed by atoms with van der Waals surface area (Å²) in [6.45, 7) is -0.0123. The molecule has 7 heteroatoms. The first-order valence-corrected chi connectivity index (χ1v) is 8.31. The van der Waals surface area contributed by atoms with Gasteiger partial charge in [0, 0.05) is 18.3 Å². The van der Waals surface area contributed by atoms with Gasteiger partial charge < -0.3 is 10.4 Å². The SMILES string of the molecule is CN(CC(=O)NCC(O)c1c(F)cccc1F)C1CCSC1. The molecule has 0 aliphatic carbocycles. The van der Waals surface area contributed by atoms with Gasteiger partial charge in [0.15, 0.2) is 0 Å². The third-order valence-electron chi connectivity index (χ3n) is 3.75. The second kappa shape index (κ2) is 7.89. The van der Waals surface area contributed by atoms with E-state index in [0.717, 1.165) is 30.1 Å². The molecule has 0 aromatic heterocycles. The summed E-state index contributed by atoms with van der Waals surface area (Å²) >= 11 is 1.86. The van der Waals surface area contributed by atoms with Crippen LogP contribution in [0.25, 0.3) is 0 Å². The maximum Gasteiger partial charge on any atom is 0.234 e. The molecule has 0 saturated carbocycles. The highest BCUT2D eigenvalue weighted by Gasteiger charge is 2.22. The third kappa shape index (κ3) is 4.41. The van der Waals surface area contributed by atoms with Crippen molar-refractivity contribution in [3.63, 3.8) is 0 Å². The number of hydrogen-bond donors (Lipinski definition) is 2. The predicted molar refractivity (Wildman–Crippen MR) is 82.7 cm³/mol. The van der Waals surface area contributed by atoms with Crippen LogP contribution in [0.4, 0.5) is 8.78 Å². The van der Waals surface area contributed by atoms with Gasteiger partial charge in [0.1, 0.15) is 17.7 Å². The Morgan fingerprint density at radius 2 is 2.18 bits per heavy atom. The number of aliphatic hydroxyl groups is 1. The Hall–Kier alpha value is -1.18. The molecule has 0 radical (unpaired) electrons. The number of nitrogens with one attached hydrogen (secondary N) is 1. The highest BCUT2D eigenvalue weighted by atomic mass is 32.2. The second-order valence-electron chi connectivity index (χ2n) is 5.39. The molecule has 1 aromatic rings. The molecule has 1 heterocycles. The van der Waals surface area contributed by atoms with Crippen LogP contribution < -0.4 is 5.32 Å². The fraction of sp³-hybridized carbons (Fsp3) is 0.533. The summed E-state index contributed by atoms with van der Waals surface area (Å²) in [4.78, 5) is 13.8. The van der Waals surface area contributed by atoms with Crippen LogP contribution in [-0.2, 0) is 4.79 Å². The number of rotatable bonds is 6. The summed E-state index contributed by atoms with van der Waals surface area (Å²) in [5.74, 6) is 0.202. The van der Waals surface area contributed by atoms with E-state index in [0.29, 0.717) is 6.04 Å². The fourth-order valence-electron chi connectivity index (χ4n) is 2.42. The van der Waals surface area contributed by atoms with Gasteiger partial charge in [0.05, 0.1) is 12.1 Å². The Bertz CT molecular complexity index is 504. The summed E-state index contributed by atoms with van der Waals surface area (Å²) < 4.78 is 27.0. The van der Waals surface area contributed by atoms with Crippen molar-refractivity contribution in [3.05, 3.63) is 35.4 Å². The Morgan fingerprint density at radius 1 is 1.50 bits per heavy atom. The Morgan fingerprint density at radius 3 is 2.77 bits per heavy atom. The Kier molecular flexibility index (Phi) is 6.16. The van der Waals surface area contributed by atoms with Crippen molar-refractivity contribution in [2.45, 2.75) is 18.6 Å². The summed E-state index contributed by atoms with van der Waals surface area (Å²) in [6.07, 6.45) is -0.352. The number of likely N-dealkylation sites (N-methyl/N-ethyl adjacent to an activating group) is 1. The number of carbonyl (C=O) groups excluding carboxylic acids is 1. The van der Waals surface area contributed by atoms with E-state index in [2.05, 4.69) is 5.32 Å². The van der Waals surface area contributed by atoms with Crippen LogP contribution in [0, 0.1) is 11.6 Å². The summed E-state index contributed by atoms with van der Waals surface area (Å²) in [6, 6.07) is 3.77. The maximum atomic E-state index is 13.5. The van der Waals surface area contributed by atoms with E-state index in [9.17, 15) is 18.7 Å². The Balaban J connectivity index is 1.82. The summed E-state index contributed by atoms with van der Waals surface area (Å²) in [5, 5.41) is 12.4. The van der Waals surface area contributed by atoms with Crippen LogP contribution in [0.5, 0.6) is 0 Å². The standard InChI is InChI=1S/C15H20F2N2O2S/c1-19(10-5-6-22-9-10)8-14(21)18-7-13(20)15-11(16)3-2-4-12(15)17/h2-4,10,13,20H,5-9H2,1H3,(H,18,21). The number of thioether (sulfide) groups is 1. The molecule has 1 fully saturated rings. The number of amides is 1. The lowest BCUT2D eigenvalue weighted by atomic mass is 10.1. The molecule has 0 bridgehead atoms. The van der Waals surface area contributed by atoms with Crippen LogP contribution in [0.1, 0.15) is 18.1 Å². The molecule has 2 atom stereocenters. The summed E-state index contributed by atoms with van der Waals surface area (Å²) in [5.41, 5.74) is -0.414. The molecule has 2 N–H and O–H groups in total. The third-order valence-corrected chi connectivity index (χ3v) is 4.89. The lowest BCUT2D eigenvalue weighted by Gasteiger charge is -2.23. The van der Waals surface area contributed by atoms with E-state index < -0.39 is 23.3 Å². The number of aliphatic hydroxyl groups excluding tert-OH is 1. The average molecular weight is 330 g/mol. The lowest BCUT2D eigenvalue weighted by Crippen LogP contribution is -2.41. The number of carbonyl (C=O) groups is 1. The molecule has 1 aliphatic heterocycles. The monoisotopic (exact) mass is 330 g/mol. The number of hydrogen-bond acceptors (Lipinski definition) is 4. The topological polar surface area (TPSA) is 52.6 Å². The van der Waals surface area contributed by atoms with Crippen molar-refractivity contribution in [2.75, 3.05) is 31.6 Å². The molecule has 0 spiro atoms. The molecular formula is C15H20F2N2O2S. The smallest absolute Gasteiger partial charge is 0.234 e. The van der Waals surface area contributed by atoms with Crippen LogP contribution in [0.3, 0.4) is 0 Å². The predicted octanol–water partition coefficient (Wildman–Crippen LogP) is 1.55. The molecular weight excluding hydrogens is 310 g/mol. The molecule has 2 unspecified atom stereocenters. The van der Waals surface area contributed by atoms with Gasteiger partial charge in [-0.1, -0.05) is 6.07 Å². The molecule has 4 nitrogen and oxygen atoms in total. The van der Waals surface area contributed by atoms with Crippen molar-refractivity contribution < 1.29 is 18.7 Å². The van der Waals surface area contributed by atoms with Crippen LogP contribution in [-0.4, -0.2) is 53.6 Å². The second-order valence-corrected chi connectivity index (χ2v) is 6.54. The zero-order chi connectivity index (χ0) is 16.1. The van der Waals surface area contributed by atoms with E-state index in [4.69, 9.17) is 0 Å². The molecule has 2 rings (SSSR count). The van der Waals surface area contributed by atoms with Gasteiger partial charge in [-0.2, -0.15) is 11.8 Å². The molecule has 122 valence electrons. The fourth-order valence-corrected chi connectivity index (χ4v) is 3.72. The highest BCUT2D eigenvalue weighted by Crippen LogP contribution is 2.21. The minimum atomic E-state index is -1.41. The number of benzene rings is 1. The first-order valence-electron chi connectivity index (χ1n) is 7.15. The van der Waals surface area contributed by atoms with E-state index in [1.54, 1.807) is 0 Å². The number of halogens is 2. The molecule has 1 saturated heterocycles. The van der Waals surface area contributed by atoms with E-state index in [1.807, 2.05) is 23.7 Å². The van der Waals surface area contributed by atoms with Gasteiger partial charge in [-0.15, -0.1) is 0 Å². The van der Waals surface area contributed by atoms with Crippen molar-refractivity contribution in [1.82, 2.24) is 10.2 Å². The van der Waals surface area contributed by atoms with Crippen LogP contribution in [0.15, 0.2) is 18.2 Å². The lowest BCUT2D eigenvalue weighted by molar-refractivity contribution is -0.122. The van der Waals surface area contributed by atoms with Gasteiger partial charge in [-0.05, 0) is 31.4 Å². The first-order chi connectivity index (χ1) is 10.5. The van der Waals surface area contributed by atoms with Gasteiger partial charge in [0.2, 0.25) is 5.91 Å². The van der Waals surface area contributed by atoms with Crippen molar-refractivity contribution in [3.8, 4) is 0 Å². The Labute approximate surface area is 132 Å². The first kappa shape index (κ1) is 17.2. The number of nitrogens with zero attached hydrogens (tertiary/aromatic N) is 1. The van der Waals surface area contributed by atoms with Gasteiger partial charge >= 0.3 is 0 Å². The normalized spacial score (nSPS) is 19.4. The van der Waals surface area contributed by atoms with E-state index in [-0.39, 0.29) is 19.0 Å². The van der Waals surface area contributed by atoms with Gasteiger partial charge in [-0.25, -0.2) is 8.78 Å². The molecule has 1 aliphatic rings. The zero-order valence-electron chi connectivity index (χ0n) is 12.4. The van der Waals surface area contributed by atoms with E-state index >= 15 is 0 Å². The molecule has 1 amide bonds. The minimum absolute atomic E-state index is 0.206. The van der Waals surface area contributed by atoms with Crippen LogP contribution >= 0.6 is 11.8 Å². The largest absolute Gasteiger partial charge is 0.386 e. The van der Waals surface area contributed by atoms with Gasteiger partial charge in [0.25, 0.3) is 0 Å². The van der Waals surface area contributed by atoms with Crippen molar-refractivity contribution in [2.24, 2.45) is 0 Å². The quantitative estimate of drug-likeness (QED) is 0.831. The average Bonchev–Trinajstić information content (AvgIpc) is 2.99. The highest BCUT2D eigenvalue weighted by molar-refractivity contribution is 7.99. The molecule has 22 heavy (non-hydrogen) atoms. The van der Waals surface area contributed by atoms with Crippen LogP contribution in [0.2, 0.25) is 0 Å². The van der Waals surface area contributed by atoms with E-state index in [1.165, 1.54) is 6.07 Å². The van der Waals surface area contributed by atoms with Crippen molar-refractivity contribution >= 4 is 17.7 Å². The van der Waals surface area contributed by atoms with Crippen molar-refractivity contribution in [1.29, 1.82) is 0 Å². The zero-order valence-corrected chi connectivity index (χ0v) is 13.2. The maximum absolute atomic E-state index is 13.5. The summed E-state index contributed by atoms with van der Waals surface area (Å²) in [7, 11) is 1.88. The molecule has 1 aromatic carbocycles. The minimum Gasteiger partial charge on any atom is -0.386 e.